The number of rotatable bonds is 6. The highest BCUT2D eigenvalue weighted by molar-refractivity contribution is 6.23. The molecule has 3 nitrogen and oxygen atoms in total. The predicted octanol–water partition coefficient (Wildman–Crippen LogP) is 16.3. The van der Waals surface area contributed by atoms with E-state index in [1.54, 1.807) is 0 Å². The standard InChI is InChI=1S/C56H35NO2/c1-3-15-36(16-4-1)42-29-27-39(34-48(42)37-17-5-2-6-18-37)57(40-28-30-46-45-23-11-13-25-51(45)59-54(46)35-40)50-31-32-53-56(47-24-12-14-26-52(47)58-53)55(50)49-33-38-19-7-8-20-41(38)43-21-9-10-22-44(43)49/h1-35H. The molecule has 2 aromatic heterocycles. The predicted molar refractivity (Wildman–Crippen MR) is 247 cm³/mol. The summed E-state index contributed by atoms with van der Waals surface area (Å²) in [4.78, 5) is 2.41. The normalized spacial score (nSPS) is 11.7. The molecular formula is C56H35NO2. The maximum Gasteiger partial charge on any atom is 0.137 e. The fourth-order valence-corrected chi connectivity index (χ4v) is 9.20. The van der Waals surface area contributed by atoms with Crippen LogP contribution in [0.3, 0.4) is 0 Å². The lowest BCUT2D eigenvalue weighted by Gasteiger charge is -2.29. The Labute approximate surface area is 340 Å². The highest BCUT2D eigenvalue weighted by Gasteiger charge is 2.26. The molecule has 0 fully saturated rings. The quantitative estimate of drug-likeness (QED) is 0.158. The molecule has 0 unspecified atom stereocenters. The molecule has 0 saturated carbocycles. The molecule has 12 aromatic rings. The average molecular weight is 754 g/mol. The van der Waals surface area contributed by atoms with E-state index in [4.69, 9.17) is 8.83 Å². The van der Waals surface area contributed by atoms with Crippen LogP contribution in [0.15, 0.2) is 221 Å². The maximum atomic E-state index is 6.66. The van der Waals surface area contributed by atoms with Gasteiger partial charge in [0.1, 0.15) is 22.3 Å². The van der Waals surface area contributed by atoms with Gasteiger partial charge >= 0.3 is 0 Å². The first-order valence-corrected chi connectivity index (χ1v) is 20.1. The molecule has 0 aliphatic carbocycles. The fourth-order valence-electron chi connectivity index (χ4n) is 9.20. The highest BCUT2D eigenvalue weighted by atomic mass is 16.3. The first-order chi connectivity index (χ1) is 29.3. The Bertz CT molecular complexity index is 3560. The van der Waals surface area contributed by atoms with Crippen molar-refractivity contribution in [2.75, 3.05) is 4.90 Å². The van der Waals surface area contributed by atoms with Crippen molar-refractivity contribution in [3.8, 4) is 33.4 Å². The van der Waals surface area contributed by atoms with Gasteiger partial charge < -0.3 is 13.7 Å². The Morgan fingerprint density at radius 3 is 1.64 bits per heavy atom. The van der Waals surface area contributed by atoms with Crippen LogP contribution in [0.1, 0.15) is 0 Å². The monoisotopic (exact) mass is 753 g/mol. The van der Waals surface area contributed by atoms with E-state index in [0.717, 1.165) is 83.2 Å². The van der Waals surface area contributed by atoms with Gasteiger partial charge in [0.05, 0.1) is 5.69 Å². The summed E-state index contributed by atoms with van der Waals surface area (Å²) in [6.45, 7) is 0. The van der Waals surface area contributed by atoms with Crippen LogP contribution >= 0.6 is 0 Å². The van der Waals surface area contributed by atoms with Crippen LogP contribution in [0, 0.1) is 0 Å². The van der Waals surface area contributed by atoms with Crippen LogP contribution < -0.4 is 4.90 Å². The van der Waals surface area contributed by atoms with E-state index in [-0.39, 0.29) is 0 Å². The Balaban J connectivity index is 1.22. The van der Waals surface area contributed by atoms with Crippen LogP contribution in [0.5, 0.6) is 0 Å². The van der Waals surface area contributed by atoms with Crippen molar-refractivity contribution >= 4 is 82.5 Å². The molecule has 59 heavy (non-hydrogen) atoms. The number of anilines is 3. The van der Waals surface area contributed by atoms with E-state index in [2.05, 4.69) is 199 Å². The molecular weight excluding hydrogens is 719 g/mol. The number of furan rings is 2. The molecule has 0 radical (unpaired) electrons. The van der Waals surface area contributed by atoms with Crippen LogP contribution in [0.25, 0.3) is 98.8 Å². The SMILES string of the molecule is c1ccc(-c2ccc(N(c3ccc4c(c3)oc3ccccc34)c3ccc4oc5ccccc5c4c3-c3cc4ccccc4c4ccccc34)cc2-c2ccccc2)cc1. The van der Waals surface area contributed by atoms with Crippen LogP contribution in [0.4, 0.5) is 17.1 Å². The van der Waals surface area contributed by atoms with E-state index in [1.165, 1.54) is 32.7 Å². The summed E-state index contributed by atoms with van der Waals surface area (Å²) >= 11 is 0. The zero-order chi connectivity index (χ0) is 38.9. The highest BCUT2D eigenvalue weighted by Crippen LogP contribution is 2.51. The van der Waals surface area contributed by atoms with Crippen molar-refractivity contribution in [3.63, 3.8) is 0 Å². The fraction of sp³-hybridized carbons (Fsp3) is 0. The van der Waals surface area contributed by atoms with Gasteiger partial charge in [-0.15, -0.1) is 0 Å². The minimum Gasteiger partial charge on any atom is -0.456 e. The van der Waals surface area contributed by atoms with Gasteiger partial charge in [0.25, 0.3) is 0 Å². The van der Waals surface area contributed by atoms with Gasteiger partial charge in [-0.2, -0.15) is 0 Å². The lowest BCUT2D eigenvalue weighted by Crippen LogP contribution is -2.12. The summed E-state index contributed by atoms with van der Waals surface area (Å²) in [6.07, 6.45) is 0. The number of nitrogens with zero attached hydrogens (tertiary/aromatic N) is 1. The van der Waals surface area contributed by atoms with Gasteiger partial charge in [0.15, 0.2) is 0 Å². The van der Waals surface area contributed by atoms with Crippen molar-refractivity contribution in [2.24, 2.45) is 0 Å². The van der Waals surface area contributed by atoms with Crippen molar-refractivity contribution in [3.05, 3.63) is 212 Å². The second-order valence-electron chi connectivity index (χ2n) is 15.2. The molecule has 0 atom stereocenters. The minimum atomic E-state index is 0.838. The Morgan fingerprint density at radius 1 is 0.305 bits per heavy atom. The molecule has 2 heterocycles. The molecule has 0 bridgehead atoms. The van der Waals surface area contributed by atoms with E-state index in [0.29, 0.717) is 0 Å². The summed E-state index contributed by atoms with van der Waals surface area (Å²) in [5, 5.41) is 9.16. The van der Waals surface area contributed by atoms with E-state index in [9.17, 15) is 0 Å². The van der Waals surface area contributed by atoms with Crippen molar-refractivity contribution in [1.82, 2.24) is 0 Å². The smallest absolute Gasteiger partial charge is 0.137 e. The summed E-state index contributed by atoms with van der Waals surface area (Å²) in [5.74, 6) is 0. The van der Waals surface area contributed by atoms with Gasteiger partial charge in [0, 0.05) is 44.5 Å². The van der Waals surface area contributed by atoms with Gasteiger partial charge in [-0.1, -0.05) is 152 Å². The number of hydrogen-bond donors (Lipinski definition) is 0. The molecule has 3 heteroatoms. The molecule has 0 aliphatic heterocycles. The van der Waals surface area contributed by atoms with Crippen LogP contribution in [-0.2, 0) is 0 Å². The molecule has 276 valence electrons. The van der Waals surface area contributed by atoms with Crippen LogP contribution in [-0.4, -0.2) is 0 Å². The third-order valence-corrected chi connectivity index (χ3v) is 11.9. The van der Waals surface area contributed by atoms with Crippen molar-refractivity contribution in [2.45, 2.75) is 0 Å². The number of para-hydroxylation sites is 2. The van der Waals surface area contributed by atoms with Gasteiger partial charge in [-0.3, -0.25) is 0 Å². The topological polar surface area (TPSA) is 29.5 Å². The molecule has 0 spiro atoms. The summed E-state index contributed by atoms with van der Waals surface area (Å²) in [5.41, 5.74) is 13.4. The van der Waals surface area contributed by atoms with Gasteiger partial charge in [0.2, 0.25) is 0 Å². The van der Waals surface area contributed by atoms with Gasteiger partial charge in [-0.05, 0) is 104 Å². The lowest BCUT2D eigenvalue weighted by molar-refractivity contribution is 0.668. The molecule has 12 rings (SSSR count). The van der Waals surface area contributed by atoms with Gasteiger partial charge in [-0.25, -0.2) is 0 Å². The Morgan fingerprint density at radius 2 is 0.864 bits per heavy atom. The molecule has 0 amide bonds. The molecule has 0 N–H and O–H groups in total. The Kier molecular flexibility index (Phi) is 7.54. The van der Waals surface area contributed by atoms with E-state index in [1.807, 2.05) is 18.2 Å². The minimum absolute atomic E-state index is 0.838. The zero-order valence-corrected chi connectivity index (χ0v) is 32.0. The number of hydrogen-bond acceptors (Lipinski definition) is 3. The second kappa shape index (κ2) is 13.4. The van der Waals surface area contributed by atoms with Crippen molar-refractivity contribution in [1.29, 1.82) is 0 Å². The van der Waals surface area contributed by atoms with E-state index < -0.39 is 0 Å². The first kappa shape index (κ1) is 33.3. The third-order valence-electron chi connectivity index (χ3n) is 11.9. The average Bonchev–Trinajstić information content (AvgIpc) is 3.88. The van der Waals surface area contributed by atoms with Crippen LogP contribution in [0.2, 0.25) is 0 Å². The zero-order valence-electron chi connectivity index (χ0n) is 32.0. The Hall–Kier alpha value is -7.88. The first-order valence-electron chi connectivity index (χ1n) is 20.1. The second-order valence-corrected chi connectivity index (χ2v) is 15.2. The van der Waals surface area contributed by atoms with Crippen molar-refractivity contribution < 1.29 is 8.83 Å². The third kappa shape index (κ3) is 5.36. The lowest BCUT2D eigenvalue weighted by atomic mass is 9.89. The molecule has 10 aromatic carbocycles. The largest absolute Gasteiger partial charge is 0.456 e. The number of benzene rings is 10. The summed E-state index contributed by atoms with van der Waals surface area (Å²) in [6, 6.07) is 75.8. The maximum absolute atomic E-state index is 6.66. The summed E-state index contributed by atoms with van der Waals surface area (Å²) < 4.78 is 13.2. The molecule has 0 aliphatic rings. The molecule has 0 saturated heterocycles. The number of fused-ring (bicyclic) bond motifs is 9. The summed E-state index contributed by atoms with van der Waals surface area (Å²) in [7, 11) is 0. The van der Waals surface area contributed by atoms with E-state index >= 15 is 0 Å².